The summed E-state index contributed by atoms with van der Waals surface area (Å²) in [5.41, 5.74) is 2.41. The van der Waals surface area contributed by atoms with Crippen molar-refractivity contribution in [2.45, 2.75) is 6.92 Å². The molecule has 1 aromatic carbocycles. The minimum atomic E-state index is -0.128. The number of aromatic nitrogens is 2. The molecule has 122 valence electrons. The van der Waals surface area contributed by atoms with Gasteiger partial charge in [0.05, 0.1) is 5.69 Å². The standard InChI is InChI=1S/C19H19N3OS/c1-3-21(2)17-7-4-6-15(14-17)19(23)22-12-11-16(20-22)9-10-18-8-5-13-24-18/h4-14H,3H2,1-2H3. The summed E-state index contributed by atoms with van der Waals surface area (Å²) in [5.74, 6) is -0.128. The fourth-order valence-corrected chi connectivity index (χ4v) is 2.90. The zero-order chi connectivity index (χ0) is 16.9. The Labute approximate surface area is 145 Å². The monoisotopic (exact) mass is 337 g/mol. The van der Waals surface area contributed by atoms with E-state index in [4.69, 9.17) is 0 Å². The zero-order valence-corrected chi connectivity index (χ0v) is 14.5. The van der Waals surface area contributed by atoms with Gasteiger partial charge < -0.3 is 4.90 Å². The average molecular weight is 337 g/mol. The number of hydrogen-bond donors (Lipinski definition) is 0. The molecule has 3 aromatic rings. The lowest BCUT2D eigenvalue weighted by molar-refractivity contribution is 0.0945. The predicted molar refractivity (Wildman–Crippen MR) is 101 cm³/mol. The van der Waals surface area contributed by atoms with Gasteiger partial charge in [0.25, 0.3) is 5.91 Å². The van der Waals surface area contributed by atoms with Crippen LogP contribution < -0.4 is 4.90 Å². The van der Waals surface area contributed by atoms with E-state index in [1.54, 1.807) is 17.5 Å². The highest BCUT2D eigenvalue weighted by Gasteiger charge is 2.11. The maximum Gasteiger partial charge on any atom is 0.278 e. The molecule has 0 amide bonds. The van der Waals surface area contributed by atoms with E-state index in [0.717, 1.165) is 22.8 Å². The number of benzene rings is 1. The van der Waals surface area contributed by atoms with Crippen molar-refractivity contribution in [3.05, 3.63) is 70.2 Å². The Morgan fingerprint density at radius 3 is 2.88 bits per heavy atom. The van der Waals surface area contributed by atoms with Gasteiger partial charge in [0.1, 0.15) is 0 Å². The van der Waals surface area contributed by atoms with Crippen LogP contribution in [0.25, 0.3) is 12.2 Å². The molecule has 0 spiro atoms. The van der Waals surface area contributed by atoms with E-state index in [2.05, 4.69) is 16.9 Å². The molecule has 0 atom stereocenters. The SMILES string of the molecule is CCN(C)c1cccc(C(=O)n2ccc(C=Cc3cccs3)n2)c1. The highest BCUT2D eigenvalue weighted by Crippen LogP contribution is 2.16. The third kappa shape index (κ3) is 3.63. The Balaban J connectivity index is 1.78. The minimum absolute atomic E-state index is 0.128. The first-order valence-electron chi connectivity index (χ1n) is 7.80. The highest BCUT2D eigenvalue weighted by molar-refractivity contribution is 7.10. The van der Waals surface area contributed by atoms with Crippen molar-refractivity contribution in [1.82, 2.24) is 9.78 Å². The number of rotatable bonds is 5. The quantitative estimate of drug-likeness (QED) is 0.698. The van der Waals surface area contributed by atoms with Crippen LogP contribution in [0.5, 0.6) is 0 Å². The molecule has 0 fully saturated rings. The molecule has 0 saturated heterocycles. The molecule has 5 heteroatoms. The van der Waals surface area contributed by atoms with E-state index in [9.17, 15) is 4.79 Å². The molecule has 0 N–H and O–H groups in total. The predicted octanol–water partition coefficient (Wildman–Crippen LogP) is 4.26. The molecule has 24 heavy (non-hydrogen) atoms. The van der Waals surface area contributed by atoms with Crippen molar-refractivity contribution in [1.29, 1.82) is 0 Å². The molecule has 0 aliphatic rings. The van der Waals surface area contributed by atoms with Crippen molar-refractivity contribution in [3.63, 3.8) is 0 Å². The zero-order valence-electron chi connectivity index (χ0n) is 13.7. The second-order valence-corrected chi connectivity index (χ2v) is 6.38. The van der Waals surface area contributed by atoms with Crippen molar-refractivity contribution in [2.75, 3.05) is 18.5 Å². The Morgan fingerprint density at radius 1 is 1.25 bits per heavy atom. The van der Waals surface area contributed by atoms with Crippen molar-refractivity contribution in [2.24, 2.45) is 0 Å². The lowest BCUT2D eigenvalue weighted by atomic mass is 10.2. The van der Waals surface area contributed by atoms with Gasteiger partial charge in [0, 0.05) is 35.9 Å². The molecule has 0 saturated carbocycles. The van der Waals surface area contributed by atoms with Gasteiger partial charge in [0.2, 0.25) is 0 Å². The molecule has 2 aromatic heterocycles. The number of anilines is 1. The van der Waals surface area contributed by atoms with Gasteiger partial charge in [-0.1, -0.05) is 12.1 Å². The smallest absolute Gasteiger partial charge is 0.278 e. The Bertz CT molecular complexity index is 849. The second kappa shape index (κ2) is 7.27. The van der Waals surface area contributed by atoms with Gasteiger partial charge in [-0.05, 0) is 54.8 Å². The Hall–Kier alpha value is -2.66. The fraction of sp³-hybridized carbons (Fsp3) is 0.158. The number of thiophene rings is 1. The molecule has 3 rings (SSSR count). The maximum atomic E-state index is 12.6. The number of carbonyl (C=O) groups is 1. The van der Waals surface area contributed by atoms with Gasteiger partial charge in [-0.2, -0.15) is 5.10 Å². The van der Waals surface area contributed by atoms with Crippen LogP contribution in [0, 0.1) is 0 Å². The van der Waals surface area contributed by atoms with Crippen LogP contribution >= 0.6 is 11.3 Å². The van der Waals surface area contributed by atoms with Crippen LogP contribution in [0.2, 0.25) is 0 Å². The number of nitrogens with zero attached hydrogens (tertiary/aromatic N) is 3. The summed E-state index contributed by atoms with van der Waals surface area (Å²) in [4.78, 5) is 15.9. The van der Waals surface area contributed by atoms with Crippen LogP contribution in [0.3, 0.4) is 0 Å². The summed E-state index contributed by atoms with van der Waals surface area (Å²) in [6.07, 6.45) is 5.61. The molecular formula is C19H19N3OS. The van der Waals surface area contributed by atoms with E-state index >= 15 is 0 Å². The van der Waals surface area contributed by atoms with E-state index in [0.29, 0.717) is 5.56 Å². The summed E-state index contributed by atoms with van der Waals surface area (Å²) in [5, 5.41) is 6.38. The third-order valence-electron chi connectivity index (χ3n) is 3.79. The lowest BCUT2D eigenvalue weighted by Crippen LogP contribution is -2.17. The highest BCUT2D eigenvalue weighted by atomic mass is 32.1. The van der Waals surface area contributed by atoms with Crippen LogP contribution in [-0.4, -0.2) is 29.3 Å². The molecule has 0 aliphatic heterocycles. The largest absolute Gasteiger partial charge is 0.375 e. The first kappa shape index (κ1) is 16.2. The summed E-state index contributed by atoms with van der Waals surface area (Å²) in [6, 6.07) is 13.5. The first-order valence-corrected chi connectivity index (χ1v) is 8.68. The van der Waals surface area contributed by atoms with Crippen molar-refractivity contribution >= 4 is 35.1 Å². The van der Waals surface area contributed by atoms with Gasteiger partial charge in [-0.15, -0.1) is 11.3 Å². The molecule has 0 aliphatic carbocycles. The summed E-state index contributed by atoms with van der Waals surface area (Å²) in [7, 11) is 2.00. The average Bonchev–Trinajstić information content (AvgIpc) is 3.30. The van der Waals surface area contributed by atoms with E-state index in [1.165, 1.54) is 4.68 Å². The topological polar surface area (TPSA) is 38.1 Å². The van der Waals surface area contributed by atoms with E-state index < -0.39 is 0 Å². The second-order valence-electron chi connectivity index (χ2n) is 5.40. The van der Waals surface area contributed by atoms with Gasteiger partial charge in [0.15, 0.2) is 0 Å². The number of hydrogen-bond acceptors (Lipinski definition) is 4. The van der Waals surface area contributed by atoms with E-state index in [-0.39, 0.29) is 5.91 Å². The van der Waals surface area contributed by atoms with Gasteiger partial charge >= 0.3 is 0 Å². The maximum absolute atomic E-state index is 12.6. The van der Waals surface area contributed by atoms with Crippen molar-refractivity contribution in [3.8, 4) is 0 Å². The Morgan fingerprint density at radius 2 is 2.12 bits per heavy atom. The molecule has 2 heterocycles. The van der Waals surface area contributed by atoms with Crippen LogP contribution in [0.1, 0.15) is 27.9 Å². The summed E-state index contributed by atoms with van der Waals surface area (Å²) in [6.45, 7) is 2.96. The van der Waals surface area contributed by atoms with Crippen LogP contribution in [-0.2, 0) is 0 Å². The first-order chi connectivity index (χ1) is 11.7. The minimum Gasteiger partial charge on any atom is -0.375 e. The van der Waals surface area contributed by atoms with Gasteiger partial charge in [-0.25, -0.2) is 4.68 Å². The Kier molecular flexibility index (Phi) is 4.91. The van der Waals surface area contributed by atoms with Crippen LogP contribution in [0.4, 0.5) is 5.69 Å². The molecule has 0 unspecified atom stereocenters. The van der Waals surface area contributed by atoms with Crippen LogP contribution in [0.15, 0.2) is 54.0 Å². The number of carbonyl (C=O) groups excluding carboxylic acids is 1. The normalized spacial score (nSPS) is 11.1. The molecular weight excluding hydrogens is 318 g/mol. The molecule has 0 bridgehead atoms. The summed E-state index contributed by atoms with van der Waals surface area (Å²) < 4.78 is 1.39. The lowest BCUT2D eigenvalue weighted by Gasteiger charge is -2.17. The van der Waals surface area contributed by atoms with E-state index in [1.807, 2.05) is 67.0 Å². The molecule has 4 nitrogen and oxygen atoms in total. The van der Waals surface area contributed by atoms with Gasteiger partial charge in [-0.3, -0.25) is 4.79 Å². The van der Waals surface area contributed by atoms with Crippen molar-refractivity contribution < 1.29 is 4.79 Å². The molecule has 0 radical (unpaired) electrons. The summed E-state index contributed by atoms with van der Waals surface area (Å²) >= 11 is 1.67. The third-order valence-corrected chi connectivity index (χ3v) is 4.63. The fourth-order valence-electron chi connectivity index (χ4n) is 2.28.